The Labute approximate surface area is 74.6 Å². The van der Waals surface area contributed by atoms with Crippen molar-refractivity contribution in [3.05, 3.63) is 24.0 Å². The maximum absolute atomic E-state index is 10.4. The van der Waals surface area contributed by atoms with E-state index in [1.165, 1.54) is 19.4 Å². The summed E-state index contributed by atoms with van der Waals surface area (Å²) in [7, 11) is 1.38. The summed E-state index contributed by atoms with van der Waals surface area (Å²) in [6.45, 7) is 0. The number of methoxy groups -OCH3 is 1. The fourth-order valence-corrected chi connectivity index (χ4v) is 0.898. The largest absolute Gasteiger partial charge is 0.495 e. The Balaban J connectivity index is 3.05. The van der Waals surface area contributed by atoms with Crippen LogP contribution in [0.3, 0.4) is 0 Å². The van der Waals surface area contributed by atoms with Crippen LogP contribution in [-0.2, 0) is 4.79 Å². The third-order valence-corrected chi connectivity index (χ3v) is 1.51. The van der Waals surface area contributed by atoms with Crippen molar-refractivity contribution in [1.29, 1.82) is 0 Å². The van der Waals surface area contributed by atoms with E-state index in [-0.39, 0.29) is 11.4 Å². The topological polar surface area (TPSA) is 79.7 Å². The SMILES string of the molecule is COc1cccnc1C(O)C(=O)O. The number of hydrogen-bond acceptors (Lipinski definition) is 4. The molecule has 0 saturated carbocycles. The van der Waals surface area contributed by atoms with Crippen molar-refractivity contribution in [2.24, 2.45) is 0 Å². The molecule has 0 fully saturated rings. The first-order chi connectivity index (χ1) is 6.16. The second-order valence-electron chi connectivity index (χ2n) is 2.33. The van der Waals surface area contributed by atoms with E-state index in [9.17, 15) is 4.79 Å². The molecule has 70 valence electrons. The lowest BCUT2D eigenvalue weighted by atomic mass is 10.2. The summed E-state index contributed by atoms with van der Waals surface area (Å²) in [5, 5.41) is 17.7. The molecule has 2 N–H and O–H groups in total. The molecule has 0 aliphatic heterocycles. The first-order valence-corrected chi connectivity index (χ1v) is 3.56. The predicted octanol–water partition coefficient (Wildman–Crippen LogP) is 0.208. The zero-order valence-corrected chi connectivity index (χ0v) is 6.97. The third-order valence-electron chi connectivity index (χ3n) is 1.51. The summed E-state index contributed by atoms with van der Waals surface area (Å²) >= 11 is 0. The van der Waals surface area contributed by atoms with Gasteiger partial charge < -0.3 is 14.9 Å². The van der Waals surface area contributed by atoms with Gasteiger partial charge >= 0.3 is 5.97 Å². The predicted molar refractivity (Wildman–Crippen MR) is 43.4 cm³/mol. The smallest absolute Gasteiger partial charge is 0.339 e. The Morgan fingerprint density at radius 3 is 2.92 bits per heavy atom. The van der Waals surface area contributed by atoms with Crippen LogP contribution in [0, 0.1) is 0 Å². The molecule has 0 aromatic carbocycles. The summed E-state index contributed by atoms with van der Waals surface area (Å²) in [6.07, 6.45) is -0.250. The normalized spacial score (nSPS) is 12.2. The van der Waals surface area contributed by atoms with Gasteiger partial charge in [0, 0.05) is 6.20 Å². The van der Waals surface area contributed by atoms with E-state index in [0.29, 0.717) is 0 Å². The molecule has 13 heavy (non-hydrogen) atoms. The highest BCUT2D eigenvalue weighted by molar-refractivity contribution is 5.74. The third kappa shape index (κ3) is 1.94. The lowest BCUT2D eigenvalue weighted by molar-refractivity contribution is -0.147. The average Bonchev–Trinajstić information content (AvgIpc) is 2.16. The molecule has 0 radical (unpaired) electrons. The molecule has 1 heterocycles. The number of carbonyl (C=O) groups is 1. The van der Waals surface area contributed by atoms with E-state index in [4.69, 9.17) is 14.9 Å². The van der Waals surface area contributed by atoms with Crippen molar-refractivity contribution in [2.45, 2.75) is 6.10 Å². The lowest BCUT2D eigenvalue weighted by Gasteiger charge is -2.08. The number of carboxylic acids is 1. The fraction of sp³-hybridized carbons (Fsp3) is 0.250. The number of ether oxygens (including phenoxy) is 1. The van der Waals surface area contributed by atoms with Crippen LogP contribution >= 0.6 is 0 Å². The van der Waals surface area contributed by atoms with E-state index in [1.807, 2.05) is 0 Å². The molecule has 1 aromatic heterocycles. The van der Waals surface area contributed by atoms with Crippen LogP contribution in [0.15, 0.2) is 18.3 Å². The molecule has 0 saturated heterocycles. The highest BCUT2D eigenvalue weighted by Gasteiger charge is 2.21. The van der Waals surface area contributed by atoms with Crippen LogP contribution < -0.4 is 4.74 Å². The molecular weight excluding hydrogens is 174 g/mol. The van der Waals surface area contributed by atoms with Gasteiger partial charge in [-0.2, -0.15) is 0 Å². The van der Waals surface area contributed by atoms with Gasteiger partial charge in [-0.1, -0.05) is 0 Å². The Morgan fingerprint density at radius 1 is 1.69 bits per heavy atom. The molecule has 1 unspecified atom stereocenters. The second-order valence-corrected chi connectivity index (χ2v) is 2.33. The molecule has 0 amide bonds. The molecule has 1 aromatic rings. The van der Waals surface area contributed by atoms with E-state index in [1.54, 1.807) is 6.07 Å². The summed E-state index contributed by atoms with van der Waals surface area (Å²) in [4.78, 5) is 14.1. The van der Waals surface area contributed by atoms with E-state index in [2.05, 4.69) is 4.98 Å². The number of rotatable bonds is 3. The number of carboxylic acid groups (broad SMARTS) is 1. The van der Waals surface area contributed by atoms with Crippen molar-refractivity contribution in [1.82, 2.24) is 4.98 Å². The first kappa shape index (κ1) is 9.47. The van der Waals surface area contributed by atoms with Gasteiger partial charge in [-0.25, -0.2) is 4.79 Å². The van der Waals surface area contributed by atoms with Crippen LogP contribution in [0.25, 0.3) is 0 Å². The van der Waals surface area contributed by atoms with Gasteiger partial charge in [-0.05, 0) is 12.1 Å². The number of pyridine rings is 1. The van der Waals surface area contributed by atoms with Gasteiger partial charge in [0.15, 0.2) is 6.10 Å². The number of aliphatic hydroxyl groups excluding tert-OH is 1. The van der Waals surface area contributed by atoms with Gasteiger partial charge in [-0.15, -0.1) is 0 Å². The van der Waals surface area contributed by atoms with Gasteiger partial charge in [0.2, 0.25) is 0 Å². The average molecular weight is 183 g/mol. The highest BCUT2D eigenvalue weighted by Crippen LogP contribution is 2.21. The second kappa shape index (κ2) is 3.86. The molecule has 0 aliphatic carbocycles. The molecule has 5 heteroatoms. The van der Waals surface area contributed by atoms with Crippen molar-refractivity contribution >= 4 is 5.97 Å². The number of hydrogen-bond donors (Lipinski definition) is 2. The van der Waals surface area contributed by atoms with Crippen LogP contribution in [0.5, 0.6) is 5.75 Å². The molecule has 0 aliphatic rings. The van der Waals surface area contributed by atoms with Gasteiger partial charge in [-0.3, -0.25) is 4.98 Å². The molecule has 0 spiro atoms. The lowest BCUT2D eigenvalue weighted by Crippen LogP contribution is -2.13. The zero-order chi connectivity index (χ0) is 9.84. The van der Waals surface area contributed by atoms with E-state index >= 15 is 0 Å². The molecular formula is C8H9NO4. The Morgan fingerprint density at radius 2 is 2.38 bits per heavy atom. The summed E-state index contributed by atoms with van der Waals surface area (Å²) in [5.41, 5.74) is 0.0116. The van der Waals surface area contributed by atoms with Gasteiger partial charge in [0.25, 0.3) is 0 Å². The van der Waals surface area contributed by atoms with Crippen LogP contribution in [0.2, 0.25) is 0 Å². The van der Waals surface area contributed by atoms with Gasteiger partial charge in [0.05, 0.1) is 7.11 Å². The molecule has 5 nitrogen and oxygen atoms in total. The fourth-order valence-electron chi connectivity index (χ4n) is 0.898. The standard InChI is InChI=1S/C8H9NO4/c1-13-5-3-2-4-9-6(5)7(10)8(11)12/h2-4,7,10H,1H3,(H,11,12). The maximum atomic E-state index is 10.4. The van der Waals surface area contributed by atoms with Crippen molar-refractivity contribution in [3.63, 3.8) is 0 Å². The monoisotopic (exact) mass is 183 g/mol. The number of aliphatic carboxylic acids is 1. The summed E-state index contributed by atoms with van der Waals surface area (Å²) < 4.78 is 4.83. The van der Waals surface area contributed by atoms with Crippen LogP contribution in [-0.4, -0.2) is 28.3 Å². The van der Waals surface area contributed by atoms with Crippen molar-refractivity contribution in [3.8, 4) is 5.75 Å². The zero-order valence-electron chi connectivity index (χ0n) is 6.97. The first-order valence-electron chi connectivity index (χ1n) is 3.56. The summed E-state index contributed by atoms with van der Waals surface area (Å²) in [5.74, 6) is -1.09. The van der Waals surface area contributed by atoms with E-state index < -0.39 is 12.1 Å². The molecule has 1 atom stereocenters. The number of aromatic nitrogens is 1. The maximum Gasteiger partial charge on any atom is 0.339 e. The van der Waals surface area contributed by atoms with Crippen molar-refractivity contribution < 1.29 is 19.7 Å². The Kier molecular flexibility index (Phi) is 2.81. The Bertz CT molecular complexity index is 313. The quantitative estimate of drug-likeness (QED) is 0.700. The summed E-state index contributed by atoms with van der Waals surface area (Å²) in [6, 6.07) is 3.13. The molecule has 1 rings (SSSR count). The minimum Gasteiger partial charge on any atom is -0.495 e. The van der Waals surface area contributed by atoms with Gasteiger partial charge in [0.1, 0.15) is 11.4 Å². The highest BCUT2D eigenvalue weighted by atomic mass is 16.5. The number of aliphatic hydroxyl groups is 1. The Hall–Kier alpha value is -1.62. The van der Waals surface area contributed by atoms with Crippen molar-refractivity contribution in [2.75, 3.05) is 7.11 Å². The van der Waals surface area contributed by atoms with Crippen LogP contribution in [0.1, 0.15) is 11.8 Å². The van der Waals surface area contributed by atoms with E-state index in [0.717, 1.165) is 0 Å². The van der Waals surface area contributed by atoms with Crippen LogP contribution in [0.4, 0.5) is 0 Å². The number of nitrogens with zero attached hydrogens (tertiary/aromatic N) is 1. The minimum atomic E-state index is -1.64. The molecule has 0 bridgehead atoms. The minimum absolute atomic E-state index is 0.0116.